The lowest BCUT2D eigenvalue weighted by Crippen LogP contribution is -2.53. The van der Waals surface area contributed by atoms with Crippen LogP contribution < -0.4 is 0 Å². The number of piperazine rings is 1. The maximum absolute atomic E-state index is 13.1. The summed E-state index contributed by atoms with van der Waals surface area (Å²) in [6, 6.07) is 3.93. The summed E-state index contributed by atoms with van der Waals surface area (Å²) in [7, 11) is -4.26. The van der Waals surface area contributed by atoms with Crippen LogP contribution in [0, 0.1) is 0 Å². The molecule has 0 aromatic heterocycles. The molecule has 3 rings (SSSR count). The largest absolute Gasteiger partial charge is 0.417 e. The zero-order chi connectivity index (χ0) is 16.8. The Labute approximate surface area is 131 Å². The molecule has 2 aliphatic heterocycles. The van der Waals surface area contributed by atoms with Crippen LogP contribution in [0.2, 0.25) is 0 Å². The third-order valence-corrected chi connectivity index (χ3v) is 6.19. The summed E-state index contributed by atoms with van der Waals surface area (Å²) >= 11 is 0. The average molecular weight is 348 g/mol. The number of halogens is 3. The summed E-state index contributed by atoms with van der Waals surface area (Å²) < 4.78 is 65.6. The van der Waals surface area contributed by atoms with Crippen molar-refractivity contribution in [1.29, 1.82) is 0 Å². The smallest absolute Gasteiger partial charge is 0.337 e. The van der Waals surface area contributed by atoms with Crippen LogP contribution in [0.25, 0.3) is 0 Å². The van der Waals surface area contributed by atoms with Gasteiger partial charge in [0.1, 0.15) is 0 Å². The molecule has 2 aliphatic rings. The zero-order valence-electron chi connectivity index (χ0n) is 12.1. The van der Waals surface area contributed by atoms with Crippen LogP contribution in [0.15, 0.2) is 29.2 Å². The number of hydrogen-bond donors (Lipinski definition) is 0. The normalized spacial score (nSPS) is 23.2. The summed E-state index contributed by atoms with van der Waals surface area (Å²) in [5.41, 5.74) is -1.16. The molecule has 0 unspecified atom stereocenters. The van der Waals surface area contributed by atoms with E-state index in [4.69, 9.17) is 0 Å². The summed E-state index contributed by atoms with van der Waals surface area (Å²) in [4.78, 5) is 12.5. The highest BCUT2D eigenvalue weighted by molar-refractivity contribution is 7.89. The third-order valence-electron chi connectivity index (χ3n) is 4.27. The second kappa shape index (κ2) is 5.48. The minimum absolute atomic E-state index is 0.0107. The van der Waals surface area contributed by atoms with E-state index < -0.39 is 26.7 Å². The Kier molecular flexibility index (Phi) is 3.88. The van der Waals surface area contributed by atoms with Gasteiger partial charge in [0.25, 0.3) is 0 Å². The number of fused-ring (bicyclic) bond motifs is 1. The molecule has 1 aromatic rings. The lowest BCUT2D eigenvalue weighted by Gasteiger charge is -2.37. The van der Waals surface area contributed by atoms with Gasteiger partial charge in [-0.3, -0.25) is 4.79 Å². The molecule has 0 N–H and O–H groups in total. The highest BCUT2D eigenvalue weighted by Crippen LogP contribution is 2.36. The molecule has 1 amide bonds. The molecule has 2 saturated heterocycles. The van der Waals surface area contributed by atoms with Crippen LogP contribution in [-0.2, 0) is 21.0 Å². The van der Waals surface area contributed by atoms with E-state index in [2.05, 4.69) is 0 Å². The van der Waals surface area contributed by atoms with E-state index >= 15 is 0 Å². The second-order valence-corrected chi connectivity index (χ2v) is 7.54. The van der Waals surface area contributed by atoms with Crippen molar-refractivity contribution in [2.75, 3.05) is 19.6 Å². The molecule has 0 spiro atoms. The van der Waals surface area contributed by atoms with Crippen LogP contribution in [0.4, 0.5) is 13.2 Å². The molecular formula is C14H15F3N2O3S. The fraction of sp³-hybridized carbons (Fsp3) is 0.500. The average Bonchev–Trinajstić information content (AvgIpc) is 2.87. The van der Waals surface area contributed by atoms with Gasteiger partial charge < -0.3 is 4.90 Å². The van der Waals surface area contributed by atoms with Gasteiger partial charge in [-0.1, -0.05) is 12.1 Å². The fourth-order valence-corrected chi connectivity index (χ4v) is 4.80. The molecule has 126 valence electrons. The number of alkyl halides is 3. The first kappa shape index (κ1) is 16.3. The number of carbonyl (C=O) groups is 1. The zero-order valence-corrected chi connectivity index (χ0v) is 12.9. The number of rotatable bonds is 2. The Balaban J connectivity index is 1.93. The Bertz CT molecular complexity index is 733. The van der Waals surface area contributed by atoms with Gasteiger partial charge in [0.2, 0.25) is 15.9 Å². The number of carbonyl (C=O) groups excluding carboxylic acids is 1. The van der Waals surface area contributed by atoms with Gasteiger partial charge in [-0.15, -0.1) is 0 Å². The lowest BCUT2D eigenvalue weighted by molar-refractivity contribution is -0.139. The molecule has 0 aliphatic carbocycles. The molecule has 1 atom stereocenters. The van der Waals surface area contributed by atoms with E-state index in [0.29, 0.717) is 12.8 Å². The molecule has 2 heterocycles. The van der Waals surface area contributed by atoms with E-state index in [1.54, 1.807) is 4.90 Å². The van der Waals surface area contributed by atoms with Crippen LogP contribution in [-0.4, -0.2) is 49.2 Å². The molecule has 1 aromatic carbocycles. The number of sulfonamides is 1. The number of benzene rings is 1. The van der Waals surface area contributed by atoms with E-state index in [-0.39, 0.29) is 31.6 Å². The van der Waals surface area contributed by atoms with Crippen molar-refractivity contribution in [2.24, 2.45) is 0 Å². The van der Waals surface area contributed by atoms with Gasteiger partial charge in [-0.2, -0.15) is 17.5 Å². The monoisotopic (exact) mass is 348 g/mol. The molecule has 9 heteroatoms. The van der Waals surface area contributed by atoms with Crippen LogP contribution >= 0.6 is 0 Å². The molecule has 0 saturated carbocycles. The summed E-state index contributed by atoms with van der Waals surface area (Å²) in [6.07, 6.45) is -3.85. The van der Waals surface area contributed by atoms with Gasteiger partial charge in [0, 0.05) is 32.1 Å². The van der Waals surface area contributed by atoms with Crippen molar-refractivity contribution < 1.29 is 26.4 Å². The molecule has 0 bridgehead atoms. The first-order valence-corrected chi connectivity index (χ1v) is 8.61. The fourth-order valence-electron chi connectivity index (χ4n) is 3.12. The van der Waals surface area contributed by atoms with Gasteiger partial charge >= 0.3 is 6.18 Å². The topological polar surface area (TPSA) is 57.7 Å². The minimum atomic E-state index is -4.74. The first-order chi connectivity index (χ1) is 10.7. The van der Waals surface area contributed by atoms with E-state index in [1.807, 2.05) is 0 Å². The Hall–Kier alpha value is -1.61. The Morgan fingerprint density at radius 3 is 2.52 bits per heavy atom. The Morgan fingerprint density at radius 1 is 1.13 bits per heavy atom. The standard InChI is InChI=1S/C14H15F3N2O3S/c15-14(16,17)11-3-1-2-4-12(11)23(21,22)18-7-8-19-10(9-18)5-6-13(19)20/h1-4,10H,5-9H2/t10-/m1/s1. The highest BCUT2D eigenvalue weighted by Gasteiger charge is 2.43. The van der Waals surface area contributed by atoms with Crippen LogP contribution in [0.5, 0.6) is 0 Å². The summed E-state index contributed by atoms with van der Waals surface area (Å²) in [5.74, 6) is -0.0252. The van der Waals surface area contributed by atoms with Crippen molar-refractivity contribution in [2.45, 2.75) is 30.0 Å². The lowest BCUT2D eigenvalue weighted by atomic mass is 10.2. The van der Waals surface area contributed by atoms with Crippen LogP contribution in [0.3, 0.4) is 0 Å². The quantitative estimate of drug-likeness (QED) is 0.817. The van der Waals surface area contributed by atoms with Crippen molar-refractivity contribution in [3.63, 3.8) is 0 Å². The SMILES string of the molecule is O=C1CC[C@@H]2CN(S(=O)(=O)c3ccccc3C(F)(F)F)CCN12. The first-order valence-electron chi connectivity index (χ1n) is 7.17. The van der Waals surface area contributed by atoms with Gasteiger partial charge in [0.05, 0.1) is 10.5 Å². The van der Waals surface area contributed by atoms with Gasteiger partial charge in [-0.25, -0.2) is 8.42 Å². The van der Waals surface area contributed by atoms with Crippen molar-refractivity contribution in [1.82, 2.24) is 9.21 Å². The third kappa shape index (κ3) is 2.83. The number of hydrogen-bond acceptors (Lipinski definition) is 3. The molecule has 23 heavy (non-hydrogen) atoms. The number of nitrogens with zero attached hydrogens (tertiary/aromatic N) is 2. The van der Waals surface area contributed by atoms with Crippen molar-refractivity contribution in [3.05, 3.63) is 29.8 Å². The van der Waals surface area contributed by atoms with E-state index in [9.17, 15) is 26.4 Å². The Morgan fingerprint density at radius 2 is 1.83 bits per heavy atom. The van der Waals surface area contributed by atoms with Crippen molar-refractivity contribution >= 4 is 15.9 Å². The summed E-state index contributed by atoms with van der Waals surface area (Å²) in [5, 5.41) is 0. The maximum atomic E-state index is 13.1. The van der Waals surface area contributed by atoms with Crippen molar-refractivity contribution in [3.8, 4) is 0 Å². The van der Waals surface area contributed by atoms with E-state index in [0.717, 1.165) is 22.5 Å². The minimum Gasteiger partial charge on any atom is -0.337 e. The van der Waals surface area contributed by atoms with Gasteiger partial charge in [0.15, 0.2) is 0 Å². The molecule has 5 nitrogen and oxygen atoms in total. The summed E-state index contributed by atoms with van der Waals surface area (Å²) in [6.45, 7) is 0.272. The maximum Gasteiger partial charge on any atom is 0.417 e. The highest BCUT2D eigenvalue weighted by atomic mass is 32.2. The predicted octanol–water partition coefficient (Wildman–Crippen LogP) is 1.70. The van der Waals surface area contributed by atoms with E-state index in [1.165, 1.54) is 6.07 Å². The second-order valence-electron chi connectivity index (χ2n) is 5.64. The van der Waals surface area contributed by atoms with Crippen LogP contribution in [0.1, 0.15) is 18.4 Å². The predicted molar refractivity (Wildman–Crippen MR) is 74.9 cm³/mol. The number of amides is 1. The molecule has 0 radical (unpaired) electrons. The van der Waals surface area contributed by atoms with Gasteiger partial charge in [-0.05, 0) is 18.6 Å². The molecular weight excluding hydrogens is 333 g/mol. The molecule has 2 fully saturated rings.